The van der Waals surface area contributed by atoms with Crippen LogP contribution in [0.25, 0.3) is 0 Å². The maximum atomic E-state index is 13.1. The lowest BCUT2D eigenvalue weighted by Crippen LogP contribution is -2.49. The van der Waals surface area contributed by atoms with Gasteiger partial charge in [-0.2, -0.15) is 13.2 Å². The van der Waals surface area contributed by atoms with E-state index in [9.17, 15) is 18.0 Å². The molecule has 1 aliphatic carbocycles. The number of rotatable bonds is 6. The minimum Gasteiger partial charge on any atom is -0.474 e. The van der Waals surface area contributed by atoms with Crippen LogP contribution in [0.1, 0.15) is 38.2 Å². The summed E-state index contributed by atoms with van der Waals surface area (Å²) in [4.78, 5) is 20.2. The summed E-state index contributed by atoms with van der Waals surface area (Å²) in [5.74, 6) is 0.546. The summed E-state index contributed by atoms with van der Waals surface area (Å²) in [7, 11) is 0. The number of pyridine rings is 1. The average Bonchev–Trinajstić information content (AvgIpc) is 2.86. The maximum absolute atomic E-state index is 13.1. The van der Waals surface area contributed by atoms with E-state index in [4.69, 9.17) is 15.2 Å². The van der Waals surface area contributed by atoms with Crippen molar-refractivity contribution in [3.8, 4) is 5.88 Å². The lowest BCUT2D eigenvalue weighted by atomic mass is 9.92. The highest BCUT2D eigenvalue weighted by molar-refractivity contribution is 5.68. The standard InChI is InChI=1S/C25H32F3N5O3/c1-2-35-24(34)33-13-11-32(12-14-33)19-9-10-30-23(16-19)36-20-6-3-17(4-7-20)31-18-5-8-22(29)21(15-18)25(26,27)28/h5,8-10,15-17,20,31H,2-4,6-7,11-14,29H2,1H3. The number of halogens is 3. The number of hydrogen-bond donors (Lipinski definition) is 2. The number of amides is 1. The second-order valence-corrected chi connectivity index (χ2v) is 9.06. The monoisotopic (exact) mass is 507 g/mol. The van der Waals surface area contributed by atoms with E-state index < -0.39 is 11.7 Å². The lowest BCUT2D eigenvalue weighted by molar-refractivity contribution is -0.136. The number of nitrogens with zero attached hydrogens (tertiary/aromatic N) is 3. The van der Waals surface area contributed by atoms with E-state index >= 15 is 0 Å². The number of benzene rings is 1. The SMILES string of the molecule is CCOC(=O)N1CCN(c2ccnc(OC3CCC(Nc4ccc(N)c(C(F)(F)F)c4)CC3)c2)CC1. The first-order chi connectivity index (χ1) is 17.2. The van der Waals surface area contributed by atoms with Gasteiger partial charge in [-0.3, -0.25) is 0 Å². The highest BCUT2D eigenvalue weighted by Gasteiger charge is 2.33. The largest absolute Gasteiger partial charge is 0.474 e. The fraction of sp³-hybridized carbons (Fsp3) is 0.520. The second kappa shape index (κ2) is 11.1. The van der Waals surface area contributed by atoms with E-state index in [-0.39, 0.29) is 23.9 Å². The fourth-order valence-electron chi connectivity index (χ4n) is 4.65. The number of nitrogens with one attached hydrogen (secondary N) is 1. The van der Waals surface area contributed by atoms with Gasteiger partial charge in [0.15, 0.2) is 0 Å². The van der Waals surface area contributed by atoms with E-state index in [2.05, 4.69) is 15.2 Å². The van der Waals surface area contributed by atoms with Crippen LogP contribution in [-0.4, -0.2) is 60.9 Å². The number of hydrogen-bond acceptors (Lipinski definition) is 7. The molecule has 0 spiro atoms. The van der Waals surface area contributed by atoms with Crippen LogP contribution in [0.5, 0.6) is 5.88 Å². The molecule has 2 aliphatic rings. The zero-order valence-electron chi connectivity index (χ0n) is 20.3. The smallest absolute Gasteiger partial charge is 0.418 e. The predicted octanol–water partition coefficient (Wildman–Crippen LogP) is 4.76. The number of aromatic nitrogens is 1. The van der Waals surface area contributed by atoms with E-state index in [1.54, 1.807) is 24.1 Å². The van der Waals surface area contributed by atoms with E-state index in [0.717, 1.165) is 37.4 Å². The molecule has 11 heteroatoms. The summed E-state index contributed by atoms with van der Waals surface area (Å²) >= 11 is 0. The van der Waals surface area contributed by atoms with E-state index in [1.165, 1.54) is 6.07 Å². The topological polar surface area (TPSA) is 93.0 Å². The molecule has 1 aromatic carbocycles. The summed E-state index contributed by atoms with van der Waals surface area (Å²) in [5, 5.41) is 3.21. The Kier molecular flexibility index (Phi) is 7.95. The highest BCUT2D eigenvalue weighted by Crippen LogP contribution is 2.36. The molecular weight excluding hydrogens is 475 g/mol. The van der Waals surface area contributed by atoms with Crippen molar-refractivity contribution in [1.29, 1.82) is 0 Å². The average molecular weight is 508 g/mol. The number of anilines is 3. The van der Waals surface area contributed by atoms with E-state index in [0.29, 0.717) is 44.4 Å². The molecule has 2 fully saturated rings. The number of nitrogen functional groups attached to an aromatic ring is 1. The molecule has 4 rings (SSSR count). The normalized spacial score (nSPS) is 20.7. The Balaban J connectivity index is 1.27. The van der Waals surface area contributed by atoms with Gasteiger partial charge in [0.2, 0.25) is 5.88 Å². The number of ether oxygens (including phenoxy) is 2. The number of carbonyl (C=O) groups excluding carboxylic acids is 1. The van der Waals surface area contributed by atoms with Gasteiger partial charge in [-0.15, -0.1) is 0 Å². The van der Waals surface area contributed by atoms with Crippen molar-refractivity contribution >= 4 is 23.2 Å². The van der Waals surface area contributed by atoms with Crippen molar-refractivity contribution in [1.82, 2.24) is 9.88 Å². The van der Waals surface area contributed by atoms with Gasteiger partial charge in [0.1, 0.15) is 6.10 Å². The number of alkyl halides is 3. The van der Waals surface area contributed by atoms with Gasteiger partial charge >= 0.3 is 12.3 Å². The molecule has 3 N–H and O–H groups in total. The zero-order chi connectivity index (χ0) is 25.7. The van der Waals surface area contributed by atoms with Gasteiger partial charge in [0, 0.05) is 61.5 Å². The number of nitrogens with two attached hydrogens (primary N) is 1. The summed E-state index contributed by atoms with van der Waals surface area (Å²) in [6.07, 6.45) is 0.0173. The molecule has 8 nitrogen and oxygen atoms in total. The van der Waals surface area contributed by atoms with Crippen molar-refractivity contribution in [2.24, 2.45) is 0 Å². The van der Waals surface area contributed by atoms with Crippen molar-refractivity contribution in [2.75, 3.05) is 48.7 Å². The molecule has 0 radical (unpaired) electrons. The molecule has 1 saturated carbocycles. The van der Waals surface area contributed by atoms with Crippen LogP contribution >= 0.6 is 0 Å². The van der Waals surface area contributed by atoms with Crippen LogP contribution in [0.2, 0.25) is 0 Å². The van der Waals surface area contributed by atoms with Crippen LogP contribution in [0.3, 0.4) is 0 Å². The van der Waals surface area contributed by atoms with Crippen LogP contribution < -0.4 is 20.7 Å². The first kappa shape index (κ1) is 25.7. The minimum absolute atomic E-state index is 0.0105. The molecule has 1 aliphatic heterocycles. The number of piperazine rings is 1. The van der Waals surface area contributed by atoms with Gasteiger partial charge in [0.25, 0.3) is 0 Å². The molecule has 1 saturated heterocycles. The molecule has 0 bridgehead atoms. The van der Waals surface area contributed by atoms with Crippen LogP contribution in [-0.2, 0) is 10.9 Å². The molecule has 2 aromatic rings. The Labute approximate surface area is 208 Å². The van der Waals surface area contributed by atoms with Crippen LogP contribution in [0, 0.1) is 0 Å². The predicted molar refractivity (Wildman–Crippen MR) is 131 cm³/mol. The van der Waals surface area contributed by atoms with Gasteiger partial charge in [-0.05, 0) is 56.9 Å². The van der Waals surface area contributed by atoms with E-state index in [1.807, 2.05) is 12.1 Å². The first-order valence-corrected chi connectivity index (χ1v) is 12.3. The number of carbonyl (C=O) groups is 1. The van der Waals surface area contributed by atoms with Crippen LogP contribution in [0.15, 0.2) is 36.5 Å². The first-order valence-electron chi connectivity index (χ1n) is 12.3. The summed E-state index contributed by atoms with van der Waals surface area (Å²) in [5.41, 5.74) is 5.80. The summed E-state index contributed by atoms with van der Waals surface area (Å²) in [6.45, 7) is 4.73. The Morgan fingerprint density at radius 1 is 1.11 bits per heavy atom. The third-order valence-electron chi connectivity index (χ3n) is 6.58. The van der Waals surface area contributed by atoms with Crippen LogP contribution in [0.4, 0.5) is 35.0 Å². The lowest BCUT2D eigenvalue weighted by Gasteiger charge is -2.35. The molecule has 1 amide bonds. The second-order valence-electron chi connectivity index (χ2n) is 9.06. The van der Waals surface area contributed by atoms with Gasteiger partial charge in [0.05, 0.1) is 12.2 Å². The fourth-order valence-corrected chi connectivity index (χ4v) is 4.65. The molecule has 0 atom stereocenters. The Morgan fingerprint density at radius 3 is 2.50 bits per heavy atom. The van der Waals surface area contributed by atoms with Crippen molar-refractivity contribution < 1.29 is 27.4 Å². The summed E-state index contributed by atoms with van der Waals surface area (Å²) in [6, 6.07) is 7.83. The maximum Gasteiger partial charge on any atom is 0.418 e. The quantitative estimate of drug-likeness (QED) is 0.545. The van der Waals surface area contributed by atoms with Crippen molar-refractivity contribution in [3.05, 3.63) is 42.1 Å². The molecule has 1 aromatic heterocycles. The molecule has 0 unspecified atom stereocenters. The molecule has 2 heterocycles. The van der Waals surface area contributed by atoms with Crippen molar-refractivity contribution in [3.63, 3.8) is 0 Å². The Hall–Kier alpha value is -3.37. The minimum atomic E-state index is -4.48. The van der Waals surface area contributed by atoms with Crippen molar-refractivity contribution in [2.45, 2.75) is 50.9 Å². The highest BCUT2D eigenvalue weighted by atomic mass is 19.4. The third kappa shape index (κ3) is 6.44. The van der Waals surface area contributed by atoms with Gasteiger partial charge in [-0.25, -0.2) is 9.78 Å². The molecule has 196 valence electrons. The molecular formula is C25H32F3N5O3. The molecule has 36 heavy (non-hydrogen) atoms. The Bertz CT molecular complexity index is 1040. The zero-order valence-corrected chi connectivity index (χ0v) is 20.3. The van der Waals surface area contributed by atoms with Gasteiger partial charge < -0.3 is 30.3 Å². The Morgan fingerprint density at radius 2 is 1.83 bits per heavy atom. The summed E-state index contributed by atoms with van der Waals surface area (Å²) < 4.78 is 50.6. The third-order valence-corrected chi connectivity index (χ3v) is 6.58. The van der Waals surface area contributed by atoms with Gasteiger partial charge in [-0.1, -0.05) is 0 Å².